The van der Waals surface area contributed by atoms with Crippen LogP contribution in [0, 0.1) is 17.8 Å². The summed E-state index contributed by atoms with van der Waals surface area (Å²) in [5, 5.41) is 0. The van der Waals surface area contributed by atoms with Crippen molar-refractivity contribution in [3.8, 4) is 11.1 Å². The van der Waals surface area contributed by atoms with Crippen molar-refractivity contribution in [3.05, 3.63) is 54.6 Å². The maximum absolute atomic E-state index is 13.1. The number of sulfonamides is 1. The Balaban J connectivity index is 1.29. The van der Waals surface area contributed by atoms with Crippen LogP contribution in [0.5, 0.6) is 0 Å². The zero-order chi connectivity index (χ0) is 21.7. The van der Waals surface area contributed by atoms with E-state index in [0.29, 0.717) is 23.9 Å². The van der Waals surface area contributed by atoms with Crippen molar-refractivity contribution in [2.45, 2.75) is 69.6 Å². The SMILES string of the molecule is CC1CCCC(CCC2CCN(S(=O)(=O)c3ccc(-c4ccccc4)cc3)CC2)CC1. The lowest BCUT2D eigenvalue weighted by Gasteiger charge is -2.32. The molecular weight excluding hydrogens is 402 g/mol. The number of piperidine rings is 1. The van der Waals surface area contributed by atoms with Crippen LogP contribution in [0.1, 0.15) is 64.7 Å². The highest BCUT2D eigenvalue weighted by molar-refractivity contribution is 7.89. The first-order valence-electron chi connectivity index (χ1n) is 12.2. The summed E-state index contributed by atoms with van der Waals surface area (Å²) in [7, 11) is -3.40. The van der Waals surface area contributed by atoms with Crippen molar-refractivity contribution in [2.24, 2.45) is 17.8 Å². The van der Waals surface area contributed by atoms with Crippen molar-refractivity contribution in [3.63, 3.8) is 0 Å². The van der Waals surface area contributed by atoms with Gasteiger partial charge in [-0.1, -0.05) is 94.3 Å². The predicted molar refractivity (Wildman–Crippen MR) is 128 cm³/mol. The van der Waals surface area contributed by atoms with E-state index < -0.39 is 10.0 Å². The van der Waals surface area contributed by atoms with Crippen LogP contribution in [0.25, 0.3) is 11.1 Å². The largest absolute Gasteiger partial charge is 0.243 e. The van der Waals surface area contributed by atoms with Crippen LogP contribution >= 0.6 is 0 Å². The first kappa shape index (κ1) is 22.5. The van der Waals surface area contributed by atoms with Gasteiger partial charge in [-0.15, -0.1) is 0 Å². The van der Waals surface area contributed by atoms with Gasteiger partial charge in [-0.05, 0) is 53.9 Å². The molecule has 1 aliphatic carbocycles. The van der Waals surface area contributed by atoms with Gasteiger partial charge in [0.05, 0.1) is 4.90 Å². The average molecular weight is 440 g/mol. The van der Waals surface area contributed by atoms with Gasteiger partial charge in [-0.25, -0.2) is 8.42 Å². The minimum atomic E-state index is -3.40. The molecule has 2 aliphatic rings. The lowest BCUT2D eigenvalue weighted by molar-refractivity contribution is 0.245. The molecule has 2 aromatic rings. The van der Waals surface area contributed by atoms with Crippen molar-refractivity contribution in [2.75, 3.05) is 13.1 Å². The summed E-state index contributed by atoms with van der Waals surface area (Å²) in [6.45, 7) is 3.72. The maximum Gasteiger partial charge on any atom is 0.243 e. The third-order valence-electron chi connectivity index (χ3n) is 7.53. The quantitative estimate of drug-likeness (QED) is 0.467. The Labute approximate surface area is 188 Å². The molecule has 2 atom stereocenters. The molecule has 168 valence electrons. The third-order valence-corrected chi connectivity index (χ3v) is 9.45. The van der Waals surface area contributed by atoms with Gasteiger partial charge in [-0.2, -0.15) is 4.31 Å². The Morgan fingerprint density at radius 2 is 1.35 bits per heavy atom. The van der Waals surface area contributed by atoms with Crippen LogP contribution in [-0.2, 0) is 10.0 Å². The summed E-state index contributed by atoms with van der Waals surface area (Å²) in [6, 6.07) is 17.4. The molecule has 0 aromatic heterocycles. The predicted octanol–water partition coefficient (Wildman–Crippen LogP) is 6.75. The summed E-state index contributed by atoms with van der Waals surface area (Å²) < 4.78 is 28.0. The molecule has 0 bridgehead atoms. The molecule has 0 spiro atoms. The molecule has 3 nitrogen and oxygen atoms in total. The van der Waals surface area contributed by atoms with Crippen molar-refractivity contribution >= 4 is 10.0 Å². The number of hydrogen-bond donors (Lipinski definition) is 0. The first-order valence-corrected chi connectivity index (χ1v) is 13.6. The van der Waals surface area contributed by atoms with Gasteiger partial charge in [-0.3, -0.25) is 0 Å². The Morgan fingerprint density at radius 1 is 0.742 bits per heavy atom. The molecule has 1 heterocycles. The molecule has 1 aliphatic heterocycles. The van der Waals surface area contributed by atoms with Gasteiger partial charge < -0.3 is 0 Å². The second-order valence-electron chi connectivity index (χ2n) is 9.79. The monoisotopic (exact) mass is 439 g/mol. The molecule has 0 amide bonds. The number of benzene rings is 2. The third kappa shape index (κ3) is 5.78. The van der Waals surface area contributed by atoms with E-state index in [-0.39, 0.29) is 0 Å². The van der Waals surface area contributed by atoms with Gasteiger partial charge in [0.25, 0.3) is 0 Å². The van der Waals surface area contributed by atoms with Crippen LogP contribution < -0.4 is 0 Å². The summed E-state index contributed by atoms with van der Waals surface area (Å²) in [5.74, 6) is 2.49. The van der Waals surface area contributed by atoms with Crippen LogP contribution in [0.4, 0.5) is 0 Å². The minimum absolute atomic E-state index is 0.415. The van der Waals surface area contributed by atoms with Crippen LogP contribution in [0.2, 0.25) is 0 Å². The fourth-order valence-corrected chi connectivity index (χ4v) is 6.83. The molecule has 4 heteroatoms. The number of nitrogens with zero attached hydrogens (tertiary/aromatic N) is 1. The second-order valence-corrected chi connectivity index (χ2v) is 11.7. The van der Waals surface area contributed by atoms with E-state index in [0.717, 1.165) is 35.8 Å². The summed E-state index contributed by atoms with van der Waals surface area (Å²) in [5.41, 5.74) is 2.15. The summed E-state index contributed by atoms with van der Waals surface area (Å²) in [4.78, 5) is 0.415. The van der Waals surface area contributed by atoms with Gasteiger partial charge >= 0.3 is 0 Å². The minimum Gasteiger partial charge on any atom is -0.207 e. The van der Waals surface area contributed by atoms with Crippen LogP contribution in [0.15, 0.2) is 59.5 Å². The standard InChI is InChI=1S/C27H37NO2S/c1-22-6-5-7-23(11-10-22)12-13-24-18-20-28(21-19-24)31(29,30)27-16-14-26(15-17-27)25-8-3-2-4-9-25/h2-4,8-9,14-17,22-24H,5-7,10-13,18-21H2,1H3. The van der Waals surface area contributed by atoms with E-state index in [9.17, 15) is 8.42 Å². The lowest BCUT2D eigenvalue weighted by Crippen LogP contribution is -2.38. The average Bonchev–Trinajstić information content (AvgIpc) is 3.02. The molecule has 0 radical (unpaired) electrons. The van der Waals surface area contributed by atoms with E-state index >= 15 is 0 Å². The van der Waals surface area contributed by atoms with E-state index in [1.54, 1.807) is 16.4 Å². The number of rotatable bonds is 6. The molecule has 4 rings (SSSR count). The topological polar surface area (TPSA) is 37.4 Å². The highest BCUT2D eigenvalue weighted by Crippen LogP contribution is 2.33. The molecule has 0 N–H and O–H groups in total. The van der Waals surface area contributed by atoms with Crippen molar-refractivity contribution < 1.29 is 8.42 Å². The maximum atomic E-state index is 13.1. The molecule has 31 heavy (non-hydrogen) atoms. The van der Waals surface area contributed by atoms with Gasteiger partial charge in [0, 0.05) is 13.1 Å². The van der Waals surface area contributed by atoms with Crippen molar-refractivity contribution in [1.29, 1.82) is 0 Å². The number of hydrogen-bond acceptors (Lipinski definition) is 2. The Hall–Kier alpha value is -1.65. The molecule has 2 unspecified atom stereocenters. The lowest BCUT2D eigenvalue weighted by atomic mass is 9.86. The first-order chi connectivity index (χ1) is 15.0. The Morgan fingerprint density at radius 3 is 2.03 bits per heavy atom. The molecular formula is C27H37NO2S. The fraction of sp³-hybridized carbons (Fsp3) is 0.556. The van der Waals surface area contributed by atoms with Gasteiger partial charge in [0.15, 0.2) is 0 Å². The van der Waals surface area contributed by atoms with E-state index in [2.05, 4.69) is 6.92 Å². The van der Waals surface area contributed by atoms with Gasteiger partial charge in [0.1, 0.15) is 0 Å². The van der Waals surface area contributed by atoms with E-state index in [1.165, 1.54) is 44.9 Å². The summed E-state index contributed by atoms with van der Waals surface area (Å²) >= 11 is 0. The van der Waals surface area contributed by atoms with E-state index in [1.807, 2.05) is 42.5 Å². The van der Waals surface area contributed by atoms with Crippen LogP contribution in [0.3, 0.4) is 0 Å². The van der Waals surface area contributed by atoms with E-state index in [4.69, 9.17) is 0 Å². The smallest absolute Gasteiger partial charge is 0.207 e. The van der Waals surface area contributed by atoms with Gasteiger partial charge in [0.2, 0.25) is 10.0 Å². The highest BCUT2D eigenvalue weighted by Gasteiger charge is 2.29. The van der Waals surface area contributed by atoms with Crippen molar-refractivity contribution in [1.82, 2.24) is 4.31 Å². The zero-order valence-corrected chi connectivity index (χ0v) is 19.7. The Kier molecular flexibility index (Phi) is 7.50. The second kappa shape index (κ2) is 10.3. The normalized spacial score (nSPS) is 24.0. The molecule has 2 aromatic carbocycles. The molecule has 2 fully saturated rings. The summed E-state index contributed by atoms with van der Waals surface area (Å²) in [6.07, 6.45) is 11.6. The highest BCUT2D eigenvalue weighted by atomic mass is 32.2. The van der Waals surface area contributed by atoms with Crippen LogP contribution in [-0.4, -0.2) is 25.8 Å². The fourth-order valence-electron chi connectivity index (χ4n) is 5.36. The molecule has 1 saturated heterocycles. The molecule has 1 saturated carbocycles. The Bertz CT molecular complexity index is 915. The zero-order valence-electron chi connectivity index (χ0n) is 18.9.